The van der Waals surface area contributed by atoms with Crippen LogP contribution in [-0.2, 0) is 16.3 Å². The molecule has 1 heterocycles. The molecule has 1 unspecified atom stereocenters. The molecule has 3 aromatic rings. The summed E-state index contributed by atoms with van der Waals surface area (Å²) in [6.45, 7) is 2.20. The van der Waals surface area contributed by atoms with Crippen LogP contribution in [0.3, 0.4) is 0 Å². The molecule has 5 rings (SSSR count). The van der Waals surface area contributed by atoms with Crippen molar-refractivity contribution in [1.82, 2.24) is 4.98 Å². The molecule has 1 aromatic heterocycles. The molecule has 2 aromatic carbocycles. The number of fused-ring (bicyclic) bond motifs is 4. The molecule has 27 heavy (non-hydrogen) atoms. The van der Waals surface area contributed by atoms with Crippen molar-refractivity contribution in [3.05, 3.63) is 95.2 Å². The number of hydrogen-bond donors (Lipinski definition) is 0. The topological polar surface area (TPSA) is 12.9 Å². The van der Waals surface area contributed by atoms with Crippen LogP contribution in [0, 0.1) is 6.92 Å². The number of halogens is 2. The van der Waals surface area contributed by atoms with Crippen molar-refractivity contribution >= 4 is 15.3 Å². The van der Waals surface area contributed by atoms with Crippen LogP contribution in [-0.4, -0.2) is 4.98 Å². The average Bonchev–Trinajstić information content (AvgIpc) is 2.94. The van der Waals surface area contributed by atoms with Gasteiger partial charge < -0.3 is 24.8 Å². The maximum absolute atomic E-state index is 4.69. The van der Waals surface area contributed by atoms with Gasteiger partial charge in [0.2, 0.25) is 0 Å². The van der Waals surface area contributed by atoms with Crippen molar-refractivity contribution in [2.75, 3.05) is 0 Å². The Balaban J connectivity index is 0.00000105. The monoisotopic (exact) mass is 428 g/mol. The molecule has 0 saturated heterocycles. The smallest absolute Gasteiger partial charge is 1.00 e. The Morgan fingerprint density at radius 2 is 1.74 bits per heavy atom. The van der Waals surface area contributed by atoms with Gasteiger partial charge in [-0.15, -0.1) is 0 Å². The zero-order valence-corrected chi connectivity index (χ0v) is 17.4. The van der Waals surface area contributed by atoms with Crippen molar-refractivity contribution < 1.29 is 41.1 Å². The number of rotatable bonds is 1. The number of hydrogen-bond acceptors (Lipinski definition) is 1. The Morgan fingerprint density at radius 3 is 2.59 bits per heavy atom. The SMILES string of the molecule is Cc1ccc2c(c1-c1cccc3cccnc13)[C]([Cr+2])=C1C=CC=CC12.[Cl-].[Cl-]. The summed E-state index contributed by atoms with van der Waals surface area (Å²) >= 11 is 3.35. The van der Waals surface area contributed by atoms with Gasteiger partial charge in [-0.05, 0) is 0 Å². The third-order valence-electron chi connectivity index (χ3n) is 5.20. The number of allylic oxidation sites excluding steroid dienone is 5. The van der Waals surface area contributed by atoms with E-state index < -0.39 is 0 Å². The second kappa shape index (κ2) is 7.66. The van der Waals surface area contributed by atoms with E-state index in [1.165, 1.54) is 43.2 Å². The summed E-state index contributed by atoms with van der Waals surface area (Å²) in [5, 5.41) is 1.18. The molecular formula is C23H16Cl2CrN. The number of aromatic nitrogens is 1. The van der Waals surface area contributed by atoms with E-state index in [4.69, 9.17) is 0 Å². The first kappa shape index (κ1) is 19.9. The zero-order valence-electron chi connectivity index (χ0n) is 14.6. The van der Waals surface area contributed by atoms with Gasteiger partial charge in [0.1, 0.15) is 0 Å². The molecule has 2 aliphatic rings. The van der Waals surface area contributed by atoms with Crippen molar-refractivity contribution in [3.8, 4) is 11.1 Å². The van der Waals surface area contributed by atoms with E-state index in [1.54, 1.807) is 0 Å². The Labute approximate surface area is 180 Å². The summed E-state index contributed by atoms with van der Waals surface area (Å²) in [6.07, 6.45) is 10.7. The minimum Gasteiger partial charge on any atom is -1.00 e. The molecule has 4 heteroatoms. The molecule has 0 aliphatic heterocycles. The van der Waals surface area contributed by atoms with E-state index >= 15 is 0 Å². The third-order valence-corrected chi connectivity index (χ3v) is 5.88. The van der Waals surface area contributed by atoms with Crippen molar-refractivity contribution in [1.29, 1.82) is 0 Å². The minimum atomic E-state index is 0. The summed E-state index contributed by atoms with van der Waals surface area (Å²) in [7, 11) is 0. The van der Waals surface area contributed by atoms with E-state index in [2.05, 4.69) is 88.9 Å². The number of para-hydroxylation sites is 1. The van der Waals surface area contributed by atoms with Crippen molar-refractivity contribution in [2.45, 2.75) is 12.8 Å². The second-order valence-electron chi connectivity index (χ2n) is 6.61. The van der Waals surface area contributed by atoms with E-state index in [0.29, 0.717) is 5.92 Å². The van der Waals surface area contributed by atoms with Gasteiger partial charge in [0, 0.05) is 0 Å². The molecule has 2 aliphatic carbocycles. The quantitative estimate of drug-likeness (QED) is 0.518. The summed E-state index contributed by atoms with van der Waals surface area (Å²) in [5.41, 5.74) is 8.98. The van der Waals surface area contributed by atoms with Crippen LogP contribution in [0.2, 0.25) is 0 Å². The Morgan fingerprint density at radius 1 is 0.926 bits per heavy atom. The Kier molecular flexibility index (Phi) is 5.66. The second-order valence-corrected chi connectivity index (χ2v) is 7.25. The molecule has 0 saturated carbocycles. The van der Waals surface area contributed by atoms with Gasteiger partial charge >= 0.3 is 156 Å². The summed E-state index contributed by atoms with van der Waals surface area (Å²) in [6, 6.07) is 15.1. The van der Waals surface area contributed by atoms with Gasteiger partial charge in [-0.3, -0.25) is 0 Å². The van der Waals surface area contributed by atoms with E-state index in [-0.39, 0.29) is 24.8 Å². The fraction of sp³-hybridized carbons (Fsp3) is 0.0870. The van der Waals surface area contributed by atoms with Gasteiger partial charge in [0.05, 0.1) is 0 Å². The first-order valence-corrected chi connectivity index (χ1v) is 9.13. The Hall–Kier alpha value is -1.82. The molecule has 0 fully saturated rings. The predicted molar refractivity (Wildman–Crippen MR) is 99.9 cm³/mol. The molecular weight excluding hydrogens is 413 g/mol. The normalized spacial score (nSPS) is 16.5. The molecule has 0 bridgehead atoms. The molecule has 133 valence electrons. The van der Waals surface area contributed by atoms with Crippen molar-refractivity contribution in [2.24, 2.45) is 0 Å². The number of benzene rings is 2. The Bertz CT molecular complexity index is 1120. The van der Waals surface area contributed by atoms with Gasteiger partial charge in [-0.25, -0.2) is 0 Å². The zero-order chi connectivity index (χ0) is 17.0. The molecule has 0 amide bonds. The maximum atomic E-state index is 4.69. The first-order valence-electron chi connectivity index (χ1n) is 8.50. The van der Waals surface area contributed by atoms with Crippen LogP contribution in [0.25, 0.3) is 26.5 Å². The van der Waals surface area contributed by atoms with Crippen LogP contribution in [0.1, 0.15) is 22.6 Å². The fourth-order valence-electron chi connectivity index (χ4n) is 4.05. The van der Waals surface area contributed by atoms with E-state index in [0.717, 1.165) is 5.52 Å². The average molecular weight is 429 g/mol. The number of aryl methyl sites for hydroxylation is 1. The number of nitrogens with zero attached hydrogens (tertiary/aromatic N) is 1. The standard InChI is InChI=1S/C23H16N.2ClH.Cr/c1-15-11-12-19-18-9-3-2-6-17(18)14-21(19)22(15)20-10-4-7-16-8-5-13-24-23(16)20;;;/h2-13,18H,1H3;2*1H;/q;;;+2/p-2. The summed E-state index contributed by atoms with van der Waals surface area (Å²) in [5.74, 6) is 0.360. The van der Waals surface area contributed by atoms with E-state index in [1.807, 2.05) is 12.3 Å². The van der Waals surface area contributed by atoms with Gasteiger partial charge in [-0.1, -0.05) is 0 Å². The summed E-state index contributed by atoms with van der Waals surface area (Å²) < 4.78 is 1.27. The minimum absolute atomic E-state index is 0. The van der Waals surface area contributed by atoms with E-state index in [9.17, 15) is 0 Å². The number of pyridine rings is 1. The third kappa shape index (κ3) is 2.98. The van der Waals surface area contributed by atoms with Crippen LogP contribution < -0.4 is 24.8 Å². The predicted octanol–water partition coefficient (Wildman–Crippen LogP) is -0.301. The van der Waals surface area contributed by atoms with Crippen LogP contribution in [0.15, 0.2) is 78.5 Å². The molecule has 1 atom stereocenters. The fourth-order valence-corrected chi connectivity index (χ4v) is 4.70. The van der Waals surface area contributed by atoms with Crippen LogP contribution in [0.5, 0.6) is 0 Å². The molecule has 0 N–H and O–H groups in total. The van der Waals surface area contributed by atoms with Crippen LogP contribution in [0.4, 0.5) is 0 Å². The molecule has 1 nitrogen and oxygen atoms in total. The first-order chi connectivity index (χ1) is 12.3. The summed E-state index contributed by atoms with van der Waals surface area (Å²) in [4.78, 5) is 4.69. The maximum Gasteiger partial charge on any atom is -1.00 e. The van der Waals surface area contributed by atoms with Crippen molar-refractivity contribution in [3.63, 3.8) is 0 Å². The van der Waals surface area contributed by atoms with Gasteiger partial charge in [0.15, 0.2) is 0 Å². The molecule has 0 radical (unpaired) electrons. The van der Waals surface area contributed by atoms with Gasteiger partial charge in [0.25, 0.3) is 0 Å². The van der Waals surface area contributed by atoms with Gasteiger partial charge in [-0.2, -0.15) is 0 Å². The molecule has 0 spiro atoms. The largest absolute Gasteiger partial charge is 1.00 e. The van der Waals surface area contributed by atoms with Crippen LogP contribution >= 0.6 is 0 Å².